The number of nitrogens with zero attached hydrogens (tertiary/aromatic N) is 1. The predicted octanol–water partition coefficient (Wildman–Crippen LogP) is 2.38. The van der Waals surface area contributed by atoms with Crippen LogP contribution in [0.5, 0.6) is 0 Å². The summed E-state index contributed by atoms with van der Waals surface area (Å²) in [5.74, 6) is 0.556. The van der Waals surface area contributed by atoms with Gasteiger partial charge in [-0.2, -0.15) is 0 Å². The Morgan fingerprint density at radius 2 is 2.29 bits per heavy atom. The molecule has 2 rings (SSSR count). The van der Waals surface area contributed by atoms with Crippen LogP contribution in [0.1, 0.15) is 30.4 Å². The van der Waals surface area contributed by atoms with Crippen molar-refractivity contribution in [3.05, 3.63) is 35.1 Å². The maximum Gasteiger partial charge on any atom is 0.191 e. The predicted molar refractivity (Wildman–Crippen MR) is 93.7 cm³/mol. The fourth-order valence-electron chi connectivity index (χ4n) is 2.59. The molecule has 24 heavy (non-hydrogen) atoms. The van der Waals surface area contributed by atoms with E-state index >= 15 is 0 Å². The second kappa shape index (κ2) is 10.3. The van der Waals surface area contributed by atoms with E-state index in [2.05, 4.69) is 15.6 Å². The van der Waals surface area contributed by atoms with Crippen molar-refractivity contribution < 1.29 is 13.9 Å². The minimum atomic E-state index is -0.177. The van der Waals surface area contributed by atoms with Crippen molar-refractivity contribution in [1.82, 2.24) is 10.6 Å². The Hall–Kier alpha value is -1.66. The van der Waals surface area contributed by atoms with Gasteiger partial charge in [-0.3, -0.25) is 4.99 Å². The van der Waals surface area contributed by atoms with Crippen molar-refractivity contribution in [2.24, 2.45) is 4.99 Å². The lowest BCUT2D eigenvalue weighted by molar-refractivity contribution is 0.0168. The van der Waals surface area contributed by atoms with Crippen molar-refractivity contribution in [3.8, 4) is 0 Å². The Labute approximate surface area is 143 Å². The Morgan fingerprint density at radius 3 is 3.00 bits per heavy atom. The molecule has 134 valence electrons. The highest BCUT2D eigenvalue weighted by Gasteiger charge is 2.14. The number of halogens is 1. The van der Waals surface area contributed by atoms with E-state index in [-0.39, 0.29) is 11.9 Å². The minimum absolute atomic E-state index is 0.177. The smallest absolute Gasteiger partial charge is 0.191 e. The molecule has 1 aromatic rings. The third-order valence-electron chi connectivity index (χ3n) is 3.99. The third-order valence-corrected chi connectivity index (χ3v) is 3.99. The number of hydrogen-bond acceptors (Lipinski definition) is 3. The molecule has 0 aromatic heterocycles. The summed E-state index contributed by atoms with van der Waals surface area (Å²) in [4.78, 5) is 4.18. The largest absolute Gasteiger partial charge is 0.379 e. The van der Waals surface area contributed by atoms with Crippen LogP contribution in [0.25, 0.3) is 0 Å². The number of hydrogen-bond donors (Lipinski definition) is 2. The maximum absolute atomic E-state index is 13.3. The van der Waals surface area contributed by atoms with E-state index in [0.717, 1.165) is 43.9 Å². The number of aryl methyl sites for hydroxylation is 1. The molecule has 1 aromatic carbocycles. The molecular formula is C18H28FN3O2. The first kappa shape index (κ1) is 18.7. The molecule has 0 saturated carbocycles. The molecule has 1 aliphatic heterocycles. The summed E-state index contributed by atoms with van der Waals surface area (Å²) < 4.78 is 24.4. The Kier molecular flexibility index (Phi) is 7.98. The molecule has 1 aliphatic rings. The highest BCUT2D eigenvalue weighted by atomic mass is 19.1. The van der Waals surface area contributed by atoms with Crippen molar-refractivity contribution in [3.63, 3.8) is 0 Å². The van der Waals surface area contributed by atoms with Crippen molar-refractivity contribution in [2.45, 2.75) is 38.8 Å². The van der Waals surface area contributed by atoms with Gasteiger partial charge in [-0.15, -0.1) is 0 Å². The first-order valence-electron chi connectivity index (χ1n) is 8.58. The number of guanidine groups is 1. The Morgan fingerprint density at radius 1 is 1.42 bits per heavy atom. The summed E-state index contributed by atoms with van der Waals surface area (Å²) in [6, 6.07) is 5.12. The summed E-state index contributed by atoms with van der Waals surface area (Å²) in [6.07, 6.45) is 3.44. The SMILES string of the molecule is CN=C(NCCCOCC1CCCO1)NCc1ccc(F)c(C)c1. The van der Waals surface area contributed by atoms with Crippen LogP contribution in [-0.2, 0) is 16.0 Å². The first-order valence-corrected chi connectivity index (χ1v) is 8.58. The number of nitrogens with one attached hydrogen (secondary N) is 2. The van der Waals surface area contributed by atoms with Crippen LogP contribution in [0.3, 0.4) is 0 Å². The van der Waals surface area contributed by atoms with Crippen molar-refractivity contribution in [1.29, 1.82) is 0 Å². The van der Waals surface area contributed by atoms with Crippen LogP contribution in [-0.4, -0.2) is 45.5 Å². The molecule has 1 heterocycles. The van der Waals surface area contributed by atoms with Gasteiger partial charge in [0, 0.05) is 33.4 Å². The number of ether oxygens (including phenoxy) is 2. The molecule has 0 aliphatic carbocycles. The van der Waals surface area contributed by atoms with Gasteiger partial charge in [-0.05, 0) is 43.4 Å². The molecule has 1 atom stereocenters. The van der Waals surface area contributed by atoms with Gasteiger partial charge < -0.3 is 20.1 Å². The van der Waals surface area contributed by atoms with Gasteiger partial charge in [-0.25, -0.2) is 4.39 Å². The summed E-state index contributed by atoms with van der Waals surface area (Å²) in [6.45, 7) is 5.43. The lowest BCUT2D eigenvalue weighted by atomic mass is 10.1. The van der Waals surface area contributed by atoms with Gasteiger partial charge in [0.2, 0.25) is 0 Å². The van der Waals surface area contributed by atoms with E-state index < -0.39 is 0 Å². The number of benzene rings is 1. The quantitative estimate of drug-likeness (QED) is 0.434. The van der Waals surface area contributed by atoms with Crippen molar-refractivity contribution in [2.75, 3.05) is 33.4 Å². The van der Waals surface area contributed by atoms with Crippen LogP contribution < -0.4 is 10.6 Å². The molecular weight excluding hydrogens is 309 g/mol. The maximum atomic E-state index is 13.3. The fourth-order valence-corrected chi connectivity index (χ4v) is 2.59. The van der Waals surface area contributed by atoms with E-state index in [1.54, 1.807) is 20.0 Å². The van der Waals surface area contributed by atoms with E-state index in [1.165, 1.54) is 6.07 Å². The molecule has 1 unspecified atom stereocenters. The van der Waals surface area contributed by atoms with Gasteiger partial charge >= 0.3 is 0 Å². The zero-order chi connectivity index (χ0) is 17.2. The molecule has 0 bridgehead atoms. The van der Waals surface area contributed by atoms with E-state index in [9.17, 15) is 4.39 Å². The van der Waals surface area contributed by atoms with Crippen LogP contribution in [0.15, 0.2) is 23.2 Å². The van der Waals surface area contributed by atoms with Gasteiger partial charge in [0.25, 0.3) is 0 Å². The first-order chi connectivity index (χ1) is 11.7. The van der Waals surface area contributed by atoms with Gasteiger partial charge in [0.15, 0.2) is 5.96 Å². The lowest BCUT2D eigenvalue weighted by Crippen LogP contribution is -2.37. The fraction of sp³-hybridized carbons (Fsp3) is 0.611. The second-order valence-electron chi connectivity index (χ2n) is 6.00. The highest BCUT2D eigenvalue weighted by Crippen LogP contribution is 2.11. The zero-order valence-corrected chi connectivity index (χ0v) is 14.6. The summed E-state index contributed by atoms with van der Waals surface area (Å²) in [5.41, 5.74) is 1.68. The van der Waals surface area contributed by atoms with Gasteiger partial charge in [0.1, 0.15) is 5.82 Å². The standard InChI is InChI=1S/C18H28FN3O2/c1-14-11-15(6-7-17(14)19)12-22-18(20-2)21-8-4-9-23-13-16-5-3-10-24-16/h6-7,11,16H,3-5,8-10,12-13H2,1-2H3,(H2,20,21,22). The number of aliphatic imine (C=N–C) groups is 1. The molecule has 0 spiro atoms. The molecule has 5 nitrogen and oxygen atoms in total. The van der Waals surface area contributed by atoms with Crippen LogP contribution >= 0.6 is 0 Å². The molecule has 0 amide bonds. The average molecular weight is 337 g/mol. The van der Waals surface area contributed by atoms with E-state index in [0.29, 0.717) is 25.3 Å². The molecule has 6 heteroatoms. The lowest BCUT2D eigenvalue weighted by Gasteiger charge is -2.13. The highest BCUT2D eigenvalue weighted by molar-refractivity contribution is 5.79. The minimum Gasteiger partial charge on any atom is -0.379 e. The van der Waals surface area contributed by atoms with E-state index in [1.807, 2.05) is 6.07 Å². The summed E-state index contributed by atoms with van der Waals surface area (Å²) in [5, 5.41) is 6.47. The zero-order valence-electron chi connectivity index (χ0n) is 14.6. The topological polar surface area (TPSA) is 54.9 Å². The Bertz CT molecular complexity index is 531. The van der Waals surface area contributed by atoms with E-state index in [4.69, 9.17) is 9.47 Å². The van der Waals surface area contributed by atoms with Gasteiger partial charge in [-0.1, -0.05) is 12.1 Å². The molecule has 1 saturated heterocycles. The van der Waals surface area contributed by atoms with Crippen molar-refractivity contribution >= 4 is 5.96 Å². The molecule has 2 N–H and O–H groups in total. The van der Waals surface area contributed by atoms with Crippen LogP contribution in [0.4, 0.5) is 4.39 Å². The van der Waals surface area contributed by atoms with Crippen LogP contribution in [0.2, 0.25) is 0 Å². The summed E-state index contributed by atoms with van der Waals surface area (Å²) >= 11 is 0. The second-order valence-corrected chi connectivity index (χ2v) is 6.00. The molecule has 1 fully saturated rings. The average Bonchev–Trinajstić information content (AvgIpc) is 3.10. The third kappa shape index (κ3) is 6.45. The normalized spacial score (nSPS) is 18.0. The van der Waals surface area contributed by atoms with Gasteiger partial charge in [0.05, 0.1) is 12.7 Å². The molecule has 0 radical (unpaired) electrons. The monoisotopic (exact) mass is 337 g/mol. The summed E-state index contributed by atoms with van der Waals surface area (Å²) in [7, 11) is 1.74. The number of rotatable bonds is 8. The Balaban J connectivity index is 1.57. The van der Waals surface area contributed by atoms with Crippen LogP contribution in [0, 0.1) is 12.7 Å².